The van der Waals surface area contributed by atoms with Gasteiger partial charge in [0.1, 0.15) is 5.01 Å². The zero-order valence-electron chi connectivity index (χ0n) is 10.8. The number of aryl methyl sites for hydroxylation is 3. The van der Waals surface area contributed by atoms with Crippen LogP contribution in [0.3, 0.4) is 0 Å². The van der Waals surface area contributed by atoms with Crippen molar-refractivity contribution >= 4 is 11.3 Å². The predicted molar refractivity (Wildman–Crippen MR) is 74.5 cm³/mol. The lowest BCUT2D eigenvalue weighted by Gasteiger charge is -2.07. The lowest BCUT2D eigenvalue weighted by molar-refractivity contribution is 0.798. The van der Waals surface area contributed by atoms with Crippen molar-refractivity contribution in [2.75, 3.05) is 7.05 Å². The maximum Gasteiger partial charge on any atom is 0.123 e. The van der Waals surface area contributed by atoms with Crippen LogP contribution in [0.5, 0.6) is 0 Å². The summed E-state index contributed by atoms with van der Waals surface area (Å²) in [6.45, 7) is 7.29. The number of hydrogen-bond acceptors (Lipinski definition) is 3. The van der Waals surface area contributed by atoms with E-state index in [1.165, 1.54) is 22.3 Å². The summed E-state index contributed by atoms with van der Waals surface area (Å²) in [5.41, 5.74) is 6.36. The summed E-state index contributed by atoms with van der Waals surface area (Å²) in [6.07, 6.45) is 0. The van der Waals surface area contributed by atoms with Gasteiger partial charge in [0.25, 0.3) is 0 Å². The maximum absolute atomic E-state index is 4.66. The van der Waals surface area contributed by atoms with Crippen LogP contribution in [0.2, 0.25) is 0 Å². The van der Waals surface area contributed by atoms with E-state index in [0.29, 0.717) is 0 Å². The molecule has 1 heterocycles. The summed E-state index contributed by atoms with van der Waals surface area (Å²) in [6, 6.07) is 4.48. The van der Waals surface area contributed by atoms with E-state index in [4.69, 9.17) is 0 Å². The van der Waals surface area contributed by atoms with E-state index in [2.05, 4.69) is 48.6 Å². The van der Waals surface area contributed by atoms with Crippen molar-refractivity contribution in [1.82, 2.24) is 10.3 Å². The monoisotopic (exact) mass is 246 g/mol. The van der Waals surface area contributed by atoms with E-state index in [0.717, 1.165) is 17.2 Å². The molecule has 2 rings (SSSR count). The van der Waals surface area contributed by atoms with Crippen LogP contribution in [0.4, 0.5) is 0 Å². The Morgan fingerprint density at radius 3 is 2.53 bits per heavy atom. The standard InChI is InChI=1S/C14H18N2S/c1-9-5-11(3)13(6-10(9)2)14-16-12(7-15-4)8-17-14/h5-6,8,15H,7H2,1-4H3. The van der Waals surface area contributed by atoms with Gasteiger partial charge in [-0.3, -0.25) is 0 Å². The third-order valence-electron chi connectivity index (χ3n) is 2.98. The molecule has 0 spiro atoms. The summed E-state index contributed by atoms with van der Waals surface area (Å²) in [4.78, 5) is 4.66. The molecular formula is C14H18N2S. The van der Waals surface area contributed by atoms with E-state index in [-0.39, 0.29) is 0 Å². The summed E-state index contributed by atoms with van der Waals surface area (Å²) < 4.78 is 0. The Bertz CT molecular complexity index is 529. The second-order valence-corrected chi connectivity index (χ2v) is 5.28. The molecule has 0 fully saturated rings. The maximum atomic E-state index is 4.66. The van der Waals surface area contributed by atoms with Crippen molar-refractivity contribution in [3.63, 3.8) is 0 Å². The highest BCUT2D eigenvalue weighted by atomic mass is 32.1. The summed E-state index contributed by atoms with van der Waals surface area (Å²) in [7, 11) is 1.94. The number of nitrogens with zero attached hydrogens (tertiary/aromatic N) is 1. The van der Waals surface area contributed by atoms with Crippen molar-refractivity contribution in [1.29, 1.82) is 0 Å². The van der Waals surface area contributed by atoms with E-state index in [1.54, 1.807) is 11.3 Å². The second-order valence-electron chi connectivity index (χ2n) is 4.43. The van der Waals surface area contributed by atoms with E-state index >= 15 is 0 Å². The first-order valence-corrected chi connectivity index (χ1v) is 6.67. The average molecular weight is 246 g/mol. The van der Waals surface area contributed by atoms with Crippen LogP contribution in [-0.4, -0.2) is 12.0 Å². The largest absolute Gasteiger partial charge is 0.314 e. The first-order chi connectivity index (χ1) is 8.11. The van der Waals surface area contributed by atoms with E-state index in [1.807, 2.05) is 7.05 Å². The van der Waals surface area contributed by atoms with Crippen LogP contribution >= 0.6 is 11.3 Å². The van der Waals surface area contributed by atoms with Crippen molar-refractivity contribution in [3.05, 3.63) is 39.9 Å². The van der Waals surface area contributed by atoms with Gasteiger partial charge in [-0.2, -0.15) is 0 Å². The quantitative estimate of drug-likeness (QED) is 0.897. The first-order valence-electron chi connectivity index (χ1n) is 5.79. The van der Waals surface area contributed by atoms with Gasteiger partial charge in [-0.15, -0.1) is 11.3 Å². The molecule has 0 saturated heterocycles. The third-order valence-corrected chi connectivity index (χ3v) is 3.91. The molecule has 2 aromatic rings. The van der Waals surface area contributed by atoms with E-state index in [9.17, 15) is 0 Å². The number of aromatic nitrogens is 1. The fourth-order valence-electron chi connectivity index (χ4n) is 1.88. The zero-order valence-corrected chi connectivity index (χ0v) is 11.6. The van der Waals surface area contributed by atoms with Crippen LogP contribution in [0.1, 0.15) is 22.4 Å². The lowest BCUT2D eigenvalue weighted by atomic mass is 10.0. The molecule has 1 aromatic carbocycles. The molecule has 17 heavy (non-hydrogen) atoms. The van der Waals surface area contributed by atoms with Gasteiger partial charge in [-0.05, 0) is 50.6 Å². The van der Waals surface area contributed by atoms with Gasteiger partial charge in [0.2, 0.25) is 0 Å². The van der Waals surface area contributed by atoms with Gasteiger partial charge < -0.3 is 5.32 Å². The highest BCUT2D eigenvalue weighted by molar-refractivity contribution is 7.13. The van der Waals surface area contributed by atoms with Gasteiger partial charge in [0.05, 0.1) is 5.69 Å². The van der Waals surface area contributed by atoms with E-state index < -0.39 is 0 Å². The fraction of sp³-hybridized carbons (Fsp3) is 0.357. The third kappa shape index (κ3) is 2.56. The molecule has 0 aliphatic rings. The normalized spacial score (nSPS) is 10.8. The lowest BCUT2D eigenvalue weighted by Crippen LogP contribution is -2.04. The molecule has 0 bridgehead atoms. The molecule has 90 valence electrons. The Morgan fingerprint density at radius 2 is 1.82 bits per heavy atom. The van der Waals surface area contributed by atoms with Crippen molar-refractivity contribution in [3.8, 4) is 10.6 Å². The molecular weight excluding hydrogens is 228 g/mol. The molecule has 1 N–H and O–H groups in total. The average Bonchev–Trinajstić information content (AvgIpc) is 2.72. The number of thiazole rings is 1. The van der Waals surface area contributed by atoms with Gasteiger partial charge in [0.15, 0.2) is 0 Å². The fourth-order valence-corrected chi connectivity index (χ4v) is 2.78. The minimum atomic E-state index is 0.834. The number of nitrogens with one attached hydrogen (secondary N) is 1. The first kappa shape index (κ1) is 12.3. The van der Waals surface area contributed by atoms with Gasteiger partial charge >= 0.3 is 0 Å². The zero-order chi connectivity index (χ0) is 12.4. The Kier molecular flexibility index (Phi) is 3.60. The summed E-state index contributed by atoms with van der Waals surface area (Å²) in [5, 5.41) is 6.37. The Hall–Kier alpha value is -1.19. The highest BCUT2D eigenvalue weighted by Gasteiger charge is 2.08. The molecule has 0 amide bonds. The Labute approximate surface area is 107 Å². The molecule has 0 radical (unpaired) electrons. The van der Waals surface area contributed by atoms with Crippen molar-refractivity contribution in [2.45, 2.75) is 27.3 Å². The highest BCUT2D eigenvalue weighted by Crippen LogP contribution is 2.29. The minimum Gasteiger partial charge on any atom is -0.314 e. The van der Waals surface area contributed by atoms with Crippen LogP contribution in [-0.2, 0) is 6.54 Å². The topological polar surface area (TPSA) is 24.9 Å². The molecule has 0 saturated carbocycles. The summed E-state index contributed by atoms with van der Waals surface area (Å²) >= 11 is 1.72. The SMILES string of the molecule is CNCc1csc(-c2cc(C)c(C)cc2C)n1. The second kappa shape index (κ2) is 4.98. The molecule has 0 aliphatic heterocycles. The predicted octanol–water partition coefficient (Wildman–Crippen LogP) is 3.45. The minimum absolute atomic E-state index is 0.834. The number of rotatable bonds is 3. The van der Waals surface area contributed by atoms with Crippen LogP contribution in [0, 0.1) is 20.8 Å². The van der Waals surface area contributed by atoms with Crippen LogP contribution in [0.25, 0.3) is 10.6 Å². The van der Waals surface area contributed by atoms with Gasteiger partial charge in [0, 0.05) is 17.5 Å². The Morgan fingerprint density at radius 1 is 1.12 bits per heavy atom. The molecule has 0 atom stereocenters. The summed E-state index contributed by atoms with van der Waals surface area (Å²) in [5.74, 6) is 0. The molecule has 0 unspecified atom stereocenters. The smallest absolute Gasteiger partial charge is 0.123 e. The van der Waals surface area contributed by atoms with Crippen molar-refractivity contribution in [2.24, 2.45) is 0 Å². The Balaban J connectivity index is 2.41. The van der Waals surface area contributed by atoms with Gasteiger partial charge in [-0.25, -0.2) is 4.98 Å². The molecule has 1 aromatic heterocycles. The molecule has 2 nitrogen and oxygen atoms in total. The molecule has 3 heteroatoms. The van der Waals surface area contributed by atoms with Crippen molar-refractivity contribution < 1.29 is 0 Å². The molecule has 0 aliphatic carbocycles. The van der Waals surface area contributed by atoms with Crippen LogP contribution in [0.15, 0.2) is 17.5 Å². The number of benzene rings is 1. The number of hydrogen-bond donors (Lipinski definition) is 1. The van der Waals surface area contributed by atoms with Gasteiger partial charge in [-0.1, -0.05) is 6.07 Å². The van der Waals surface area contributed by atoms with Crippen LogP contribution < -0.4 is 5.32 Å².